The highest BCUT2D eigenvalue weighted by molar-refractivity contribution is 6.99. The number of benzene rings is 2. The van der Waals surface area contributed by atoms with Crippen LogP contribution in [0.15, 0.2) is 60.7 Å². The van der Waals surface area contributed by atoms with E-state index in [4.69, 9.17) is 13.9 Å². The summed E-state index contributed by atoms with van der Waals surface area (Å²) in [7, 11) is -1.42. The fourth-order valence-corrected chi connectivity index (χ4v) is 8.79. The molecule has 0 bridgehead atoms. The summed E-state index contributed by atoms with van der Waals surface area (Å²) in [6.45, 7) is 6.54. The first-order chi connectivity index (χ1) is 14.2. The van der Waals surface area contributed by atoms with E-state index in [2.05, 4.69) is 45.0 Å². The highest BCUT2D eigenvalue weighted by Crippen LogP contribution is 2.37. The maximum Gasteiger partial charge on any atom is 0.261 e. The molecular formula is C23H32O6Si. The Balaban J connectivity index is 2.00. The molecule has 7 heteroatoms. The van der Waals surface area contributed by atoms with Crippen LogP contribution in [0.25, 0.3) is 0 Å². The maximum absolute atomic E-state index is 10.5. The van der Waals surface area contributed by atoms with E-state index in [-0.39, 0.29) is 11.6 Å². The quantitative estimate of drug-likeness (QED) is 0.591. The smallest absolute Gasteiger partial charge is 0.261 e. The van der Waals surface area contributed by atoms with Gasteiger partial charge < -0.3 is 29.2 Å². The van der Waals surface area contributed by atoms with Crippen molar-refractivity contribution in [3.63, 3.8) is 0 Å². The molecule has 30 heavy (non-hydrogen) atoms. The van der Waals surface area contributed by atoms with E-state index in [9.17, 15) is 15.3 Å². The standard InChI is InChI=1S/C23H32O6Si/c1-23(2,3)30(16-11-7-5-8-12-16,17-13-9-6-10-14-17)28-15-18-19(24)20(25)21(26)22(27-4)29-18/h5-14,18-22,24-26H,15H2,1-4H3. The van der Waals surface area contributed by atoms with Crippen molar-refractivity contribution in [2.75, 3.05) is 13.7 Å². The van der Waals surface area contributed by atoms with Crippen molar-refractivity contribution in [1.82, 2.24) is 0 Å². The first-order valence-corrected chi connectivity index (χ1v) is 12.1. The molecule has 1 aliphatic rings. The van der Waals surface area contributed by atoms with Gasteiger partial charge in [0.25, 0.3) is 8.32 Å². The maximum atomic E-state index is 10.5. The molecule has 5 atom stereocenters. The van der Waals surface area contributed by atoms with Gasteiger partial charge in [-0.3, -0.25) is 0 Å². The van der Waals surface area contributed by atoms with Crippen LogP contribution >= 0.6 is 0 Å². The van der Waals surface area contributed by atoms with Crippen LogP contribution in [0.4, 0.5) is 0 Å². The zero-order chi connectivity index (χ0) is 21.9. The molecule has 0 amide bonds. The van der Waals surface area contributed by atoms with E-state index in [1.54, 1.807) is 0 Å². The van der Waals surface area contributed by atoms with E-state index >= 15 is 0 Å². The number of aliphatic hydroxyl groups is 3. The molecule has 164 valence electrons. The van der Waals surface area contributed by atoms with Crippen molar-refractivity contribution < 1.29 is 29.2 Å². The first kappa shape index (κ1) is 23.1. The highest BCUT2D eigenvalue weighted by atomic mass is 28.4. The van der Waals surface area contributed by atoms with Crippen molar-refractivity contribution >= 4 is 18.7 Å². The summed E-state index contributed by atoms with van der Waals surface area (Å²) >= 11 is 0. The lowest BCUT2D eigenvalue weighted by molar-refractivity contribution is -0.293. The third kappa shape index (κ3) is 4.24. The average Bonchev–Trinajstić information content (AvgIpc) is 2.74. The molecule has 1 heterocycles. The van der Waals surface area contributed by atoms with Gasteiger partial charge in [-0.2, -0.15) is 0 Å². The van der Waals surface area contributed by atoms with Crippen molar-refractivity contribution in [1.29, 1.82) is 0 Å². The predicted octanol–water partition coefficient (Wildman–Crippen LogP) is 1.02. The second-order valence-corrected chi connectivity index (χ2v) is 13.0. The molecule has 1 aliphatic heterocycles. The van der Waals surface area contributed by atoms with E-state index in [1.807, 2.05) is 36.4 Å². The van der Waals surface area contributed by atoms with Crippen molar-refractivity contribution in [2.24, 2.45) is 0 Å². The lowest BCUT2D eigenvalue weighted by Crippen LogP contribution is -2.68. The second-order valence-electron chi connectivity index (χ2n) is 8.72. The van der Waals surface area contributed by atoms with Gasteiger partial charge in [-0.15, -0.1) is 0 Å². The molecule has 3 N–H and O–H groups in total. The Hall–Kier alpha value is -1.58. The van der Waals surface area contributed by atoms with Crippen LogP contribution in [0.3, 0.4) is 0 Å². The van der Waals surface area contributed by atoms with Crippen LogP contribution in [0.2, 0.25) is 5.04 Å². The minimum atomic E-state index is -2.81. The molecule has 0 aliphatic carbocycles. The Morgan fingerprint density at radius 1 is 0.833 bits per heavy atom. The van der Waals surface area contributed by atoms with Gasteiger partial charge in [-0.25, -0.2) is 0 Å². The van der Waals surface area contributed by atoms with E-state index in [1.165, 1.54) is 7.11 Å². The Labute approximate surface area is 179 Å². The SMILES string of the molecule is COC1OC(CO[Si](c2ccccc2)(c2ccccc2)C(C)(C)C)C(O)C(O)C1O. The Bertz CT molecular complexity index is 753. The monoisotopic (exact) mass is 432 g/mol. The van der Waals surface area contributed by atoms with Crippen LogP contribution in [0, 0.1) is 0 Å². The Morgan fingerprint density at radius 3 is 1.77 bits per heavy atom. The van der Waals surface area contributed by atoms with E-state index < -0.39 is 39.0 Å². The summed E-state index contributed by atoms with van der Waals surface area (Å²) < 4.78 is 17.6. The van der Waals surface area contributed by atoms with Gasteiger partial charge in [-0.05, 0) is 15.4 Å². The molecule has 2 aromatic rings. The third-order valence-electron chi connectivity index (χ3n) is 5.78. The Kier molecular flexibility index (Phi) is 7.14. The largest absolute Gasteiger partial charge is 0.405 e. The molecule has 0 saturated carbocycles. The molecule has 0 aromatic heterocycles. The summed E-state index contributed by atoms with van der Waals surface area (Å²) in [6, 6.07) is 20.3. The molecule has 0 spiro atoms. The van der Waals surface area contributed by atoms with Crippen molar-refractivity contribution in [3.8, 4) is 0 Å². The Morgan fingerprint density at radius 2 is 1.33 bits per heavy atom. The van der Waals surface area contributed by atoms with Crippen LogP contribution < -0.4 is 10.4 Å². The van der Waals surface area contributed by atoms with Crippen LogP contribution in [0.5, 0.6) is 0 Å². The molecular weight excluding hydrogens is 400 g/mol. The van der Waals surface area contributed by atoms with Crippen LogP contribution in [-0.2, 0) is 13.9 Å². The van der Waals surface area contributed by atoms with Gasteiger partial charge in [0.2, 0.25) is 0 Å². The molecule has 1 fully saturated rings. The fourth-order valence-electron chi connectivity index (χ4n) is 4.22. The topological polar surface area (TPSA) is 88.4 Å². The predicted molar refractivity (Wildman–Crippen MR) is 117 cm³/mol. The van der Waals surface area contributed by atoms with Crippen LogP contribution in [-0.4, -0.2) is 68.1 Å². The first-order valence-electron chi connectivity index (χ1n) is 10.2. The number of hydrogen-bond donors (Lipinski definition) is 3. The molecule has 5 unspecified atom stereocenters. The van der Waals surface area contributed by atoms with Gasteiger partial charge in [0.15, 0.2) is 6.29 Å². The number of ether oxygens (including phenoxy) is 2. The number of aliphatic hydroxyl groups excluding tert-OH is 3. The zero-order valence-electron chi connectivity index (χ0n) is 17.9. The summed E-state index contributed by atoms with van der Waals surface area (Å²) in [5, 5.41) is 32.8. The lowest BCUT2D eigenvalue weighted by Gasteiger charge is -2.45. The summed E-state index contributed by atoms with van der Waals surface area (Å²) in [5.41, 5.74) is 0. The molecule has 1 saturated heterocycles. The van der Waals surface area contributed by atoms with Crippen molar-refractivity contribution in [2.45, 2.75) is 56.5 Å². The number of hydrogen-bond acceptors (Lipinski definition) is 6. The molecule has 3 rings (SSSR count). The third-order valence-corrected chi connectivity index (χ3v) is 10.8. The molecule has 6 nitrogen and oxygen atoms in total. The van der Waals surface area contributed by atoms with Crippen LogP contribution in [0.1, 0.15) is 20.8 Å². The zero-order valence-corrected chi connectivity index (χ0v) is 18.9. The number of methoxy groups -OCH3 is 1. The second kappa shape index (κ2) is 9.28. The van der Waals surface area contributed by atoms with E-state index in [0.717, 1.165) is 10.4 Å². The summed E-state index contributed by atoms with van der Waals surface area (Å²) in [4.78, 5) is 0. The number of rotatable bonds is 6. The minimum Gasteiger partial charge on any atom is -0.405 e. The molecule has 2 aromatic carbocycles. The normalized spacial score (nSPS) is 27.8. The summed E-state index contributed by atoms with van der Waals surface area (Å²) in [6.07, 6.45) is -5.86. The highest BCUT2D eigenvalue weighted by Gasteiger charge is 2.52. The van der Waals surface area contributed by atoms with Gasteiger partial charge >= 0.3 is 0 Å². The van der Waals surface area contributed by atoms with Gasteiger partial charge in [0.1, 0.15) is 24.4 Å². The fraction of sp³-hybridized carbons (Fsp3) is 0.478. The van der Waals surface area contributed by atoms with Crippen molar-refractivity contribution in [3.05, 3.63) is 60.7 Å². The minimum absolute atomic E-state index is 0.0537. The lowest BCUT2D eigenvalue weighted by atomic mass is 9.99. The van der Waals surface area contributed by atoms with Gasteiger partial charge in [0, 0.05) is 7.11 Å². The van der Waals surface area contributed by atoms with E-state index in [0.29, 0.717) is 0 Å². The van der Waals surface area contributed by atoms with Gasteiger partial charge in [-0.1, -0.05) is 81.4 Å². The van der Waals surface area contributed by atoms with Gasteiger partial charge in [0.05, 0.1) is 6.61 Å². The molecule has 0 radical (unpaired) electrons. The summed E-state index contributed by atoms with van der Waals surface area (Å²) in [5.74, 6) is 0. The average molecular weight is 433 g/mol.